The van der Waals surface area contributed by atoms with Crippen LogP contribution >= 0.6 is 0 Å². The molecule has 1 aliphatic rings. The van der Waals surface area contributed by atoms with Crippen molar-refractivity contribution in [2.24, 2.45) is 11.7 Å². The first kappa shape index (κ1) is 18.0. The summed E-state index contributed by atoms with van der Waals surface area (Å²) in [6, 6.07) is 6.03. The van der Waals surface area contributed by atoms with Gasteiger partial charge in [-0.2, -0.15) is 0 Å². The van der Waals surface area contributed by atoms with Crippen LogP contribution in [-0.4, -0.2) is 17.1 Å². The van der Waals surface area contributed by atoms with Crippen LogP contribution in [0.4, 0.5) is 0 Å². The molecule has 0 bridgehead atoms. The molecule has 0 aromatic heterocycles. The Morgan fingerprint density at radius 2 is 1.96 bits per heavy atom. The highest BCUT2D eigenvalue weighted by Gasteiger charge is 2.28. The molecule has 0 fully saturated rings. The second kappa shape index (κ2) is 9.07. The number of hydrogen-bond donors (Lipinski definition) is 2. The number of carboxylic acids is 1. The van der Waals surface area contributed by atoms with Gasteiger partial charge in [0.1, 0.15) is 6.04 Å². The smallest absolute Gasteiger partial charge is 0.320 e. The van der Waals surface area contributed by atoms with Gasteiger partial charge in [-0.3, -0.25) is 4.79 Å². The number of rotatable bonds is 9. The monoisotopic (exact) mass is 317 g/mol. The molecule has 0 unspecified atom stereocenters. The summed E-state index contributed by atoms with van der Waals surface area (Å²) in [5.41, 5.74) is 9.93. The Bertz CT molecular complexity index is 512. The summed E-state index contributed by atoms with van der Waals surface area (Å²) in [4.78, 5) is 11.1. The summed E-state index contributed by atoms with van der Waals surface area (Å²) in [5, 5.41) is 9.08. The molecule has 3 N–H and O–H groups in total. The molecule has 1 aromatic rings. The highest BCUT2D eigenvalue weighted by atomic mass is 16.4. The molecule has 23 heavy (non-hydrogen) atoms. The van der Waals surface area contributed by atoms with Crippen molar-refractivity contribution in [2.75, 3.05) is 0 Å². The van der Waals surface area contributed by atoms with Gasteiger partial charge >= 0.3 is 5.97 Å². The predicted molar refractivity (Wildman–Crippen MR) is 94.6 cm³/mol. The van der Waals surface area contributed by atoms with Crippen LogP contribution in [0.15, 0.2) is 18.2 Å². The minimum atomic E-state index is -0.877. The molecular formula is C20H31NO2. The number of carboxylic acid groups (broad SMARTS) is 1. The van der Waals surface area contributed by atoms with Crippen LogP contribution in [-0.2, 0) is 24.1 Å². The lowest BCUT2D eigenvalue weighted by molar-refractivity contribution is -0.140. The first-order chi connectivity index (χ1) is 11.1. The zero-order valence-electron chi connectivity index (χ0n) is 14.4. The van der Waals surface area contributed by atoms with Gasteiger partial charge in [0.05, 0.1) is 0 Å². The molecule has 3 nitrogen and oxygen atoms in total. The van der Waals surface area contributed by atoms with E-state index in [4.69, 9.17) is 10.8 Å². The van der Waals surface area contributed by atoms with Crippen molar-refractivity contribution in [3.8, 4) is 0 Å². The highest BCUT2D eigenvalue weighted by molar-refractivity contribution is 5.73. The third-order valence-corrected chi connectivity index (χ3v) is 5.15. The Morgan fingerprint density at radius 1 is 1.22 bits per heavy atom. The van der Waals surface area contributed by atoms with Gasteiger partial charge in [0.2, 0.25) is 0 Å². The summed E-state index contributed by atoms with van der Waals surface area (Å²) >= 11 is 0. The molecule has 1 aromatic carbocycles. The lowest BCUT2D eigenvalue weighted by atomic mass is 9.79. The van der Waals surface area contributed by atoms with Crippen LogP contribution in [0, 0.1) is 5.92 Å². The van der Waals surface area contributed by atoms with Gasteiger partial charge in [0.15, 0.2) is 0 Å². The van der Waals surface area contributed by atoms with Crippen LogP contribution in [0.5, 0.6) is 0 Å². The van der Waals surface area contributed by atoms with E-state index in [1.54, 1.807) is 0 Å². The number of carbonyl (C=O) groups is 1. The number of nitrogens with two attached hydrogens (primary N) is 1. The second-order valence-electron chi connectivity index (χ2n) is 6.99. The Hall–Kier alpha value is -1.35. The molecule has 0 aliphatic heterocycles. The number of hydrogen-bond acceptors (Lipinski definition) is 2. The topological polar surface area (TPSA) is 63.3 Å². The van der Waals surface area contributed by atoms with Gasteiger partial charge in [-0.05, 0) is 54.7 Å². The zero-order chi connectivity index (χ0) is 16.7. The minimum Gasteiger partial charge on any atom is -0.480 e. The summed E-state index contributed by atoms with van der Waals surface area (Å²) in [7, 11) is 0. The van der Waals surface area contributed by atoms with Gasteiger partial charge in [-0.1, -0.05) is 57.2 Å². The molecule has 0 heterocycles. The molecule has 0 radical (unpaired) electrons. The predicted octanol–water partition coefficient (Wildman–Crippen LogP) is 4.11. The largest absolute Gasteiger partial charge is 0.480 e. The molecule has 1 aliphatic carbocycles. The normalized spacial score (nSPS) is 18.4. The SMILES string of the molecule is CCCCCCCCc1ccc2c(c1)CC[C@H]([C@H](N)C(=O)O)C2. The first-order valence-electron chi connectivity index (χ1n) is 9.21. The van der Waals surface area contributed by atoms with E-state index in [-0.39, 0.29) is 5.92 Å². The Balaban J connectivity index is 1.83. The molecule has 0 amide bonds. The molecule has 3 heteroatoms. The summed E-state index contributed by atoms with van der Waals surface area (Å²) in [5.74, 6) is -0.803. The fourth-order valence-electron chi connectivity index (χ4n) is 3.61. The third-order valence-electron chi connectivity index (χ3n) is 5.15. The molecule has 0 saturated heterocycles. The van der Waals surface area contributed by atoms with E-state index in [1.807, 2.05) is 0 Å². The lowest BCUT2D eigenvalue weighted by Gasteiger charge is -2.27. The van der Waals surface area contributed by atoms with Crippen LogP contribution in [0.2, 0.25) is 0 Å². The van der Waals surface area contributed by atoms with Crippen LogP contribution in [0.3, 0.4) is 0 Å². The van der Waals surface area contributed by atoms with Crippen molar-refractivity contribution >= 4 is 5.97 Å². The highest BCUT2D eigenvalue weighted by Crippen LogP contribution is 2.28. The van der Waals surface area contributed by atoms with E-state index in [9.17, 15) is 4.79 Å². The maximum absolute atomic E-state index is 11.1. The van der Waals surface area contributed by atoms with E-state index in [0.29, 0.717) is 0 Å². The van der Waals surface area contributed by atoms with Crippen LogP contribution < -0.4 is 5.73 Å². The van der Waals surface area contributed by atoms with E-state index in [1.165, 1.54) is 55.2 Å². The average Bonchev–Trinajstić information content (AvgIpc) is 2.56. The van der Waals surface area contributed by atoms with Crippen LogP contribution in [0.25, 0.3) is 0 Å². The van der Waals surface area contributed by atoms with Gasteiger partial charge in [-0.15, -0.1) is 0 Å². The molecule has 128 valence electrons. The summed E-state index contributed by atoms with van der Waals surface area (Å²) in [6.07, 6.45) is 11.8. The van der Waals surface area contributed by atoms with Crippen molar-refractivity contribution < 1.29 is 9.90 Å². The van der Waals surface area contributed by atoms with Crippen molar-refractivity contribution in [1.29, 1.82) is 0 Å². The Morgan fingerprint density at radius 3 is 2.70 bits per heavy atom. The number of benzene rings is 1. The van der Waals surface area contributed by atoms with Crippen LogP contribution in [0.1, 0.15) is 68.6 Å². The van der Waals surface area contributed by atoms with E-state index in [2.05, 4.69) is 25.1 Å². The van der Waals surface area contributed by atoms with Gasteiger partial charge in [0.25, 0.3) is 0 Å². The number of fused-ring (bicyclic) bond motifs is 1. The Labute approximate surface area is 140 Å². The summed E-state index contributed by atoms with van der Waals surface area (Å²) < 4.78 is 0. The molecule has 0 saturated carbocycles. The lowest BCUT2D eigenvalue weighted by Crippen LogP contribution is -2.40. The third kappa shape index (κ3) is 5.35. The van der Waals surface area contributed by atoms with E-state index in [0.717, 1.165) is 25.7 Å². The fourth-order valence-corrected chi connectivity index (χ4v) is 3.61. The quantitative estimate of drug-likeness (QED) is 0.674. The number of aliphatic carboxylic acids is 1. The zero-order valence-corrected chi connectivity index (χ0v) is 14.4. The Kier molecular flexibility index (Phi) is 7.10. The van der Waals surface area contributed by atoms with Crippen molar-refractivity contribution in [2.45, 2.75) is 77.2 Å². The van der Waals surface area contributed by atoms with Crippen molar-refractivity contribution in [3.63, 3.8) is 0 Å². The minimum absolute atomic E-state index is 0.0735. The van der Waals surface area contributed by atoms with Gasteiger partial charge in [0, 0.05) is 0 Å². The van der Waals surface area contributed by atoms with Gasteiger partial charge in [-0.25, -0.2) is 0 Å². The first-order valence-corrected chi connectivity index (χ1v) is 9.21. The molecular weight excluding hydrogens is 286 g/mol. The van der Waals surface area contributed by atoms with Crippen molar-refractivity contribution in [3.05, 3.63) is 34.9 Å². The second-order valence-corrected chi connectivity index (χ2v) is 6.99. The van der Waals surface area contributed by atoms with E-state index >= 15 is 0 Å². The molecule has 2 atom stereocenters. The molecule has 2 rings (SSSR count). The fraction of sp³-hybridized carbons (Fsp3) is 0.650. The number of unbranched alkanes of at least 4 members (excludes halogenated alkanes) is 5. The maximum Gasteiger partial charge on any atom is 0.320 e. The average molecular weight is 317 g/mol. The standard InChI is InChI=1S/C20H31NO2/c1-2-3-4-5-6-7-8-15-9-10-17-14-18(19(21)20(22)23)12-11-16(17)13-15/h9-10,13,18-19H,2-8,11-12,14,21H2,1H3,(H,22,23)/t18-,19-/m0/s1. The summed E-state index contributed by atoms with van der Waals surface area (Å²) in [6.45, 7) is 2.25. The maximum atomic E-state index is 11.1. The molecule has 0 spiro atoms. The number of aryl methyl sites for hydroxylation is 2. The van der Waals surface area contributed by atoms with E-state index < -0.39 is 12.0 Å². The van der Waals surface area contributed by atoms with Crippen molar-refractivity contribution in [1.82, 2.24) is 0 Å². The van der Waals surface area contributed by atoms with Gasteiger partial charge < -0.3 is 10.8 Å².